The Kier molecular flexibility index (Phi) is 9.83. The van der Waals surface area contributed by atoms with Gasteiger partial charge in [-0.2, -0.15) is 15.1 Å². The van der Waals surface area contributed by atoms with E-state index < -0.39 is 5.60 Å². The fourth-order valence-electron chi connectivity index (χ4n) is 6.63. The van der Waals surface area contributed by atoms with Gasteiger partial charge in [0, 0.05) is 59.2 Å². The van der Waals surface area contributed by atoms with Gasteiger partial charge < -0.3 is 33.5 Å². The van der Waals surface area contributed by atoms with Crippen molar-refractivity contribution in [1.82, 2.24) is 34.5 Å². The van der Waals surface area contributed by atoms with Gasteiger partial charge in [0.15, 0.2) is 12.0 Å². The Morgan fingerprint density at radius 1 is 1.04 bits per heavy atom. The number of ether oxygens (including phenoxy) is 5. The maximum absolute atomic E-state index is 12.8. The number of amides is 1. The average Bonchev–Trinajstić information content (AvgIpc) is 3.68. The number of likely N-dealkylation sites (tertiary alicyclic amines) is 1. The molecule has 50 heavy (non-hydrogen) atoms. The van der Waals surface area contributed by atoms with Gasteiger partial charge in [0.05, 0.1) is 27.5 Å². The van der Waals surface area contributed by atoms with E-state index in [9.17, 15) is 4.79 Å². The van der Waals surface area contributed by atoms with E-state index in [0.717, 1.165) is 24.8 Å². The average molecular weight is 730 g/mol. The Bertz CT molecular complexity index is 1870. The minimum absolute atomic E-state index is 0.159. The standard InChI is InChI=1S/C34H42Cl2N8O6/c1-34(2,3)50-33(45)43-13-11-42(12-14-43)30-20-9-10-37-31(28(20)39-32(40-30)48-25-19-41(4)18-24(25)46-5)49-29-21-17-38-44(26-8-6-7-15-47-26)23(21)16-22(35)27(29)36/h9-10,16-17,24-26H,6-8,11-15,18-19H2,1-5H3/t24-,25-,26?/m1/s1. The second kappa shape index (κ2) is 14.1. The first kappa shape index (κ1) is 34.7. The highest BCUT2D eigenvalue weighted by molar-refractivity contribution is 6.44. The summed E-state index contributed by atoms with van der Waals surface area (Å²) in [6.07, 6.45) is 5.24. The van der Waals surface area contributed by atoms with Crippen LogP contribution in [0, 0.1) is 0 Å². The van der Waals surface area contributed by atoms with Crippen LogP contribution in [-0.2, 0) is 14.2 Å². The zero-order valence-electron chi connectivity index (χ0n) is 28.9. The molecule has 1 aromatic carbocycles. The first-order chi connectivity index (χ1) is 24.0. The lowest BCUT2D eigenvalue weighted by Gasteiger charge is -2.36. The number of carbonyl (C=O) groups is 1. The van der Waals surface area contributed by atoms with Crippen LogP contribution in [-0.4, -0.2) is 118 Å². The molecule has 1 amide bonds. The maximum Gasteiger partial charge on any atom is 0.410 e. The molecule has 0 aliphatic carbocycles. The van der Waals surface area contributed by atoms with E-state index in [1.807, 2.05) is 38.6 Å². The lowest BCUT2D eigenvalue weighted by molar-refractivity contribution is -0.0366. The molecule has 0 spiro atoms. The fourth-order valence-corrected chi connectivity index (χ4v) is 7.02. The summed E-state index contributed by atoms with van der Waals surface area (Å²) in [5, 5.41) is 6.53. The molecule has 3 saturated heterocycles. The summed E-state index contributed by atoms with van der Waals surface area (Å²) >= 11 is 13.5. The van der Waals surface area contributed by atoms with E-state index >= 15 is 0 Å². The normalized spacial score (nSPS) is 22.0. The third kappa shape index (κ3) is 7.09. The highest BCUT2D eigenvalue weighted by Gasteiger charge is 2.35. The van der Waals surface area contributed by atoms with Gasteiger partial charge in [0.2, 0.25) is 5.88 Å². The van der Waals surface area contributed by atoms with Crippen LogP contribution in [0.25, 0.3) is 21.8 Å². The summed E-state index contributed by atoms with van der Waals surface area (Å²) in [6, 6.07) is 3.78. The lowest BCUT2D eigenvalue weighted by atomic mass is 10.2. The summed E-state index contributed by atoms with van der Waals surface area (Å²) in [6.45, 7) is 9.54. The lowest BCUT2D eigenvalue weighted by Crippen LogP contribution is -2.50. The van der Waals surface area contributed by atoms with Gasteiger partial charge in [0.25, 0.3) is 0 Å². The molecule has 0 N–H and O–H groups in total. The van der Waals surface area contributed by atoms with Crippen LogP contribution in [0.2, 0.25) is 10.0 Å². The molecular formula is C34H42Cl2N8O6. The predicted molar refractivity (Wildman–Crippen MR) is 189 cm³/mol. The van der Waals surface area contributed by atoms with E-state index in [2.05, 4.69) is 19.9 Å². The van der Waals surface area contributed by atoms with E-state index in [1.54, 1.807) is 30.5 Å². The molecule has 0 bridgehead atoms. The quantitative estimate of drug-likeness (QED) is 0.223. The van der Waals surface area contributed by atoms with Crippen molar-refractivity contribution in [2.45, 2.75) is 64.1 Å². The number of methoxy groups -OCH3 is 1. The second-order valence-electron chi connectivity index (χ2n) is 13.9. The molecule has 3 aliphatic heterocycles. The van der Waals surface area contributed by atoms with Gasteiger partial charge in [-0.15, -0.1) is 0 Å². The molecule has 3 fully saturated rings. The molecule has 1 unspecified atom stereocenters. The van der Waals surface area contributed by atoms with E-state index in [-0.39, 0.29) is 41.4 Å². The predicted octanol–water partition coefficient (Wildman–Crippen LogP) is 5.94. The van der Waals surface area contributed by atoms with Crippen molar-refractivity contribution in [3.05, 3.63) is 34.6 Å². The van der Waals surface area contributed by atoms with Crippen LogP contribution in [0.3, 0.4) is 0 Å². The monoisotopic (exact) mass is 728 g/mol. The maximum atomic E-state index is 12.8. The molecule has 7 rings (SSSR count). The smallest absolute Gasteiger partial charge is 0.410 e. The van der Waals surface area contributed by atoms with Gasteiger partial charge in [-0.05, 0) is 59.2 Å². The van der Waals surface area contributed by atoms with Crippen molar-refractivity contribution < 1.29 is 28.5 Å². The number of piperazine rings is 1. The number of carbonyl (C=O) groups excluding carboxylic acids is 1. The molecule has 3 atom stereocenters. The zero-order valence-corrected chi connectivity index (χ0v) is 30.4. The Hall–Kier alpha value is -3.69. The number of hydrogen-bond donors (Lipinski definition) is 0. The molecule has 6 heterocycles. The molecular weight excluding hydrogens is 687 g/mol. The van der Waals surface area contributed by atoms with Crippen LogP contribution < -0.4 is 14.4 Å². The Balaban J connectivity index is 1.26. The second-order valence-corrected chi connectivity index (χ2v) is 14.7. The van der Waals surface area contributed by atoms with Crippen molar-refractivity contribution in [3.63, 3.8) is 0 Å². The summed E-state index contributed by atoms with van der Waals surface area (Å²) in [7, 11) is 3.69. The van der Waals surface area contributed by atoms with Crippen molar-refractivity contribution in [1.29, 1.82) is 0 Å². The fraction of sp³-hybridized carbons (Fsp3) is 0.559. The number of benzene rings is 1. The SMILES string of the molecule is CO[C@@H]1CN(C)C[C@H]1Oc1nc(N2CCN(C(=O)OC(C)(C)C)CC2)c2ccnc(Oc3c(Cl)c(Cl)cc4c3cnn4C3CCCCO3)c2n1. The van der Waals surface area contributed by atoms with Gasteiger partial charge in [0.1, 0.15) is 34.2 Å². The minimum atomic E-state index is -0.582. The van der Waals surface area contributed by atoms with Crippen LogP contribution in [0.5, 0.6) is 17.6 Å². The van der Waals surface area contributed by atoms with Crippen molar-refractivity contribution in [2.24, 2.45) is 0 Å². The Morgan fingerprint density at radius 2 is 1.82 bits per heavy atom. The topological polar surface area (TPSA) is 129 Å². The number of aromatic nitrogens is 5. The first-order valence-electron chi connectivity index (χ1n) is 16.9. The number of halogens is 2. The number of rotatable bonds is 7. The van der Waals surface area contributed by atoms with Crippen LogP contribution in [0.15, 0.2) is 24.5 Å². The zero-order chi connectivity index (χ0) is 35.2. The minimum Gasteiger partial charge on any atom is -0.456 e. The van der Waals surface area contributed by atoms with Crippen molar-refractivity contribution in [3.8, 4) is 17.6 Å². The summed E-state index contributed by atoms with van der Waals surface area (Å²) in [5.74, 6) is 1.13. The molecule has 3 aliphatic rings. The molecule has 0 radical (unpaired) electrons. The number of fused-ring (bicyclic) bond motifs is 2. The third-order valence-corrected chi connectivity index (χ3v) is 9.88. The molecule has 3 aromatic heterocycles. The Morgan fingerprint density at radius 3 is 2.54 bits per heavy atom. The van der Waals surface area contributed by atoms with E-state index in [4.69, 9.17) is 56.9 Å². The first-order valence-corrected chi connectivity index (χ1v) is 17.7. The largest absolute Gasteiger partial charge is 0.456 e. The van der Waals surface area contributed by atoms with Crippen molar-refractivity contribution >= 4 is 56.9 Å². The highest BCUT2D eigenvalue weighted by atomic mass is 35.5. The number of likely N-dealkylation sites (N-methyl/N-ethyl adjacent to an activating group) is 1. The summed E-state index contributed by atoms with van der Waals surface area (Å²) in [5.41, 5.74) is 0.579. The van der Waals surface area contributed by atoms with E-state index in [1.165, 1.54) is 0 Å². The molecule has 0 saturated carbocycles. The summed E-state index contributed by atoms with van der Waals surface area (Å²) in [4.78, 5) is 33.2. The van der Waals surface area contributed by atoms with Gasteiger partial charge in [-0.1, -0.05) is 23.2 Å². The van der Waals surface area contributed by atoms with Gasteiger partial charge in [-0.25, -0.2) is 14.5 Å². The van der Waals surface area contributed by atoms with Crippen LogP contribution in [0.4, 0.5) is 10.6 Å². The number of pyridine rings is 1. The molecule has 268 valence electrons. The highest BCUT2D eigenvalue weighted by Crippen LogP contribution is 2.44. The molecule has 16 heteroatoms. The van der Waals surface area contributed by atoms with Crippen LogP contribution >= 0.6 is 23.2 Å². The van der Waals surface area contributed by atoms with Gasteiger partial charge in [-0.3, -0.25) is 4.90 Å². The number of hydrogen-bond acceptors (Lipinski definition) is 12. The third-order valence-electron chi connectivity index (χ3n) is 9.11. The van der Waals surface area contributed by atoms with Crippen molar-refractivity contribution in [2.75, 3.05) is 64.9 Å². The molecule has 14 nitrogen and oxygen atoms in total. The number of anilines is 1. The van der Waals surface area contributed by atoms with Gasteiger partial charge >= 0.3 is 12.1 Å². The van der Waals surface area contributed by atoms with E-state index in [0.29, 0.717) is 78.8 Å². The number of nitrogens with zero attached hydrogens (tertiary/aromatic N) is 8. The summed E-state index contributed by atoms with van der Waals surface area (Å²) < 4.78 is 32.2. The Labute approximate surface area is 300 Å². The van der Waals surface area contributed by atoms with Crippen LogP contribution in [0.1, 0.15) is 46.3 Å². The molecule has 4 aromatic rings.